The number of piperidine rings is 1. The van der Waals surface area contributed by atoms with E-state index in [1.165, 1.54) is 28.6 Å². The summed E-state index contributed by atoms with van der Waals surface area (Å²) in [4.78, 5) is 35.2. The Morgan fingerprint density at radius 3 is 2.28 bits per heavy atom. The van der Waals surface area contributed by atoms with Crippen molar-refractivity contribution in [3.05, 3.63) is 29.8 Å². The molecule has 160 valence electrons. The smallest absolute Gasteiger partial charge is 0.338 e. The van der Waals surface area contributed by atoms with Gasteiger partial charge in [0.05, 0.1) is 17.0 Å². The van der Waals surface area contributed by atoms with Crippen molar-refractivity contribution in [1.29, 1.82) is 0 Å². The highest BCUT2D eigenvalue weighted by atomic mass is 32.2. The van der Waals surface area contributed by atoms with Gasteiger partial charge in [0.25, 0.3) is 5.91 Å². The molecule has 1 aliphatic rings. The fraction of sp³-hybridized carbons (Fsp3) is 0.526. The highest BCUT2D eigenvalue weighted by Gasteiger charge is 2.26. The van der Waals surface area contributed by atoms with E-state index in [2.05, 4.69) is 10.6 Å². The maximum atomic E-state index is 12.6. The van der Waals surface area contributed by atoms with Crippen molar-refractivity contribution in [1.82, 2.24) is 14.9 Å². The average Bonchev–Trinajstić information content (AvgIpc) is 2.75. The predicted octanol–water partition coefficient (Wildman–Crippen LogP) is 0.660. The van der Waals surface area contributed by atoms with Crippen LogP contribution in [0, 0.1) is 0 Å². The highest BCUT2D eigenvalue weighted by molar-refractivity contribution is 7.89. The van der Waals surface area contributed by atoms with E-state index in [0.29, 0.717) is 19.6 Å². The van der Waals surface area contributed by atoms with Crippen LogP contribution >= 0.6 is 0 Å². The second kappa shape index (κ2) is 10.9. The molecule has 0 saturated carbocycles. The molecule has 29 heavy (non-hydrogen) atoms. The van der Waals surface area contributed by atoms with Gasteiger partial charge in [0.1, 0.15) is 0 Å². The molecule has 0 bridgehead atoms. The molecule has 10 heteroatoms. The molecule has 2 rings (SSSR count). The van der Waals surface area contributed by atoms with Crippen molar-refractivity contribution in [2.75, 3.05) is 32.8 Å². The summed E-state index contributed by atoms with van der Waals surface area (Å²) in [6.07, 6.45) is 3.49. The Morgan fingerprint density at radius 1 is 1.00 bits per heavy atom. The topological polar surface area (TPSA) is 122 Å². The summed E-state index contributed by atoms with van der Waals surface area (Å²) < 4.78 is 31.6. The van der Waals surface area contributed by atoms with Crippen LogP contribution in [0.3, 0.4) is 0 Å². The first-order valence-electron chi connectivity index (χ1n) is 9.65. The summed E-state index contributed by atoms with van der Waals surface area (Å²) in [5.74, 6) is -1.68. The summed E-state index contributed by atoms with van der Waals surface area (Å²) >= 11 is 0. The molecule has 0 unspecified atom stereocenters. The van der Waals surface area contributed by atoms with Gasteiger partial charge in [0.15, 0.2) is 6.61 Å². The van der Waals surface area contributed by atoms with Crippen LogP contribution in [0.15, 0.2) is 29.2 Å². The summed E-state index contributed by atoms with van der Waals surface area (Å²) in [7, 11) is -3.57. The zero-order valence-electron chi connectivity index (χ0n) is 16.5. The molecule has 9 nitrogen and oxygen atoms in total. The molecule has 1 saturated heterocycles. The van der Waals surface area contributed by atoms with Gasteiger partial charge < -0.3 is 15.4 Å². The number of amides is 2. The SMILES string of the molecule is CCCNC(=O)CNC(=O)COC(=O)c1ccc(S(=O)(=O)N2CCCCC2)cc1. The van der Waals surface area contributed by atoms with Crippen LogP contribution in [0.2, 0.25) is 0 Å². The molecule has 1 heterocycles. The van der Waals surface area contributed by atoms with Crippen molar-refractivity contribution in [3.63, 3.8) is 0 Å². The first kappa shape index (κ1) is 22.8. The number of hydrogen-bond donors (Lipinski definition) is 2. The van der Waals surface area contributed by atoms with Crippen LogP contribution in [0.5, 0.6) is 0 Å². The van der Waals surface area contributed by atoms with Crippen molar-refractivity contribution < 1.29 is 27.5 Å². The maximum Gasteiger partial charge on any atom is 0.338 e. The van der Waals surface area contributed by atoms with E-state index in [9.17, 15) is 22.8 Å². The second-order valence-electron chi connectivity index (χ2n) is 6.69. The van der Waals surface area contributed by atoms with Gasteiger partial charge >= 0.3 is 5.97 Å². The third-order valence-corrected chi connectivity index (χ3v) is 6.31. The quantitative estimate of drug-likeness (QED) is 0.561. The number of sulfonamides is 1. The number of carbonyl (C=O) groups is 3. The zero-order valence-corrected chi connectivity index (χ0v) is 17.3. The van der Waals surface area contributed by atoms with Crippen molar-refractivity contribution >= 4 is 27.8 Å². The fourth-order valence-electron chi connectivity index (χ4n) is 2.79. The molecule has 0 radical (unpaired) electrons. The number of hydrogen-bond acceptors (Lipinski definition) is 6. The number of benzene rings is 1. The van der Waals surface area contributed by atoms with E-state index in [-0.39, 0.29) is 22.9 Å². The molecule has 0 atom stereocenters. The van der Waals surface area contributed by atoms with Crippen LogP contribution < -0.4 is 10.6 Å². The lowest BCUT2D eigenvalue weighted by Gasteiger charge is -2.25. The van der Waals surface area contributed by atoms with Gasteiger partial charge in [-0.05, 0) is 43.5 Å². The van der Waals surface area contributed by atoms with E-state index in [4.69, 9.17) is 4.74 Å². The summed E-state index contributed by atoms with van der Waals surface area (Å²) in [5, 5.41) is 4.96. The molecule has 2 amide bonds. The lowest BCUT2D eigenvalue weighted by atomic mass is 10.2. The van der Waals surface area contributed by atoms with E-state index in [0.717, 1.165) is 25.7 Å². The maximum absolute atomic E-state index is 12.6. The third kappa shape index (κ3) is 6.82. The second-order valence-corrected chi connectivity index (χ2v) is 8.63. The van der Waals surface area contributed by atoms with E-state index < -0.39 is 28.5 Å². The summed E-state index contributed by atoms with van der Waals surface area (Å²) in [6, 6.07) is 5.43. The monoisotopic (exact) mass is 425 g/mol. The standard InChI is InChI=1S/C19H27N3O6S/c1-2-10-20-17(23)13-21-18(24)14-28-19(25)15-6-8-16(9-7-15)29(26,27)22-11-4-3-5-12-22/h6-9H,2-5,10-14H2,1H3,(H,20,23)(H,21,24). The Labute approximate surface area is 170 Å². The first-order valence-corrected chi connectivity index (χ1v) is 11.1. The fourth-order valence-corrected chi connectivity index (χ4v) is 4.31. The number of nitrogens with one attached hydrogen (secondary N) is 2. The van der Waals surface area contributed by atoms with Gasteiger partial charge in [-0.1, -0.05) is 13.3 Å². The van der Waals surface area contributed by atoms with Gasteiger partial charge in [-0.3, -0.25) is 9.59 Å². The number of nitrogens with zero attached hydrogens (tertiary/aromatic N) is 1. The molecular formula is C19H27N3O6S. The minimum absolute atomic E-state index is 0.117. The molecule has 1 aliphatic heterocycles. The van der Waals surface area contributed by atoms with Crippen molar-refractivity contribution in [2.24, 2.45) is 0 Å². The molecule has 2 N–H and O–H groups in total. The molecule has 1 fully saturated rings. The van der Waals surface area contributed by atoms with Crippen LogP contribution in [0.1, 0.15) is 43.0 Å². The van der Waals surface area contributed by atoms with Crippen LogP contribution in [0.25, 0.3) is 0 Å². The van der Waals surface area contributed by atoms with Crippen molar-refractivity contribution in [3.8, 4) is 0 Å². The minimum Gasteiger partial charge on any atom is -0.452 e. The zero-order chi connectivity index (χ0) is 21.3. The Morgan fingerprint density at radius 2 is 1.66 bits per heavy atom. The molecule has 1 aromatic rings. The van der Waals surface area contributed by atoms with Crippen LogP contribution in [-0.4, -0.2) is 63.3 Å². The molecule has 1 aromatic carbocycles. The van der Waals surface area contributed by atoms with Gasteiger partial charge in [-0.15, -0.1) is 0 Å². The Bertz CT molecular complexity index is 817. The van der Waals surface area contributed by atoms with Gasteiger partial charge in [-0.2, -0.15) is 4.31 Å². The summed E-state index contributed by atoms with van der Waals surface area (Å²) in [5.41, 5.74) is 0.135. The Hall–Kier alpha value is -2.46. The van der Waals surface area contributed by atoms with Crippen LogP contribution in [0.4, 0.5) is 0 Å². The number of ether oxygens (including phenoxy) is 1. The molecule has 0 spiro atoms. The van der Waals surface area contributed by atoms with Gasteiger partial charge in [-0.25, -0.2) is 13.2 Å². The number of rotatable bonds is 9. The van der Waals surface area contributed by atoms with E-state index in [1.807, 2.05) is 6.92 Å². The third-order valence-electron chi connectivity index (χ3n) is 4.40. The first-order chi connectivity index (χ1) is 13.8. The normalized spacial score (nSPS) is 14.8. The Balaban J connectivity index is 1.84. The van der Waals surface area contributed by atoms with Crippen molar-refractivity contribution in [2.45, 2.75) is 37.5 Å². The largest absolute Gasteiger partial charge is 0.452 e. The van der Waals surface area contributed by atoms with Crippen LogP contribution in [-0.2, 0) is 24.3 Å². The lowest BCUT2D eigenvalue weighted by molar-refractivity contribution is -0.127. The van der Waals surface area contributed by atoms with Gasteiger partial charge in [0.2, 0.25) is 15.9 Å². The molecule has 0 aromatic heterocycles. The Kier molecular flexibility index (Phi) is 8.59. The van der Waals surface area contributed by atoms with E-state index in [1.54, 1.807) is 0 Å². The summed E-state index contributed by atoms with van der Waals surface area (Å²) in [6.45, 7) is 2.70. The number of carbonyl (C=O) groups excluding carboxylic acids is 3. The predicted molar refractivity (Wildman–Crippen MR) is 106 cm³/mol. The molecule has 0 aliphatic carbocycles. The molecular weight excluding hydrogens is 398 g/mol. The van der Waals surface area contributed by atoms with Gasteiger partial charge in [0, 0.05) is 19.6 Å². The highest BCUT2D eigenvalue weighted by Crippen LogP contribution is 2.21. The van der Waals surface area contributed by atoms with E-state index >= 15 is 0 Å². The minimum atomic E-state index is -3.57. The lowest BCUT2D eigenvalue weighted by Crippen LogP contribution is -2.38. The number of esters is 1. The average molecular weight is 426 g/mol.